The molecule has 1 aromatic carbocycles. The van der Waals surface area contributed by atoms with Gasteiger partial charge in [0, 0.05) is 18.8 Å². The van der Waals surface area contributed by atoms with Crippen LogP contribution in [0.2, 0.25) is 0 Å². The highest BCUT2D eigenvalue weighted by Gasteiger charge is 2.22. The Morgan fingerprint density at radius 3 is 2.46 bits per heavy atom. The summed E-state index contributed by atoms with van der Waals surface area (Å²) in [5.74, 6) is -0.222. The molecule has 1 aliphatic heterocycles. The first-order valence-corrected chi connectivity index (χ1v) is 9.79. The smallest absolute Gasteiger partial charge is 0.123 e. The highest BCUT2D eigenvalue weighted by molar-refractivity contribution is 5.39. The van der Waals surface area contributed by atoms with Gasteiger partial charge < -0.3 is 0 Å². The van der Waals surface area contributed by atoms with Gasteiger partial charge in [-0.3, -0.25) is 4.84 Å². The molecule has 1 aliphatic carbocycles. The van der Waals surface area contributed by atoms with Gasteiger partial charge in [0.05, 0.1) is 11.4 Å². The molecule has 1 N–H and O–H groups in total. The summed E-state index contributed by atoms with van der Waals surface area (Å²) < 4.78 is 15.2. The van der Waals surface area contributed by atoms with E-state index < -0.39 is 0 Å². The molecule has 0 radical (unpaired) electrons. The number of rotatable bonds is 5. The first kappa shape index (κ1) is 17.6. The second-order valence-electron chi connectivity index (χ2n) is 7.25. The topological polar surface area (TPSA) is 42.3 Å². The molecule has 0 unspecified atom stereocenters. The lowest BCUT2D eigenvalue weighted by Crippen LogP contribution is -2.38. The molecule has 0 saturated carbocycles. The molecule has 0 atom stereocenters. The minimum atomic E-state index is -0.222. The zero-order chi connectivity index (χ0) is 17.8. The van der Waals surface area contributed by atoms with E-state index in [1.54, 1.807) is 12.1 Å². The lowest BCUT2D eigenvalue weighted by Gasteiger charge is -2.20. The number of aromatic nitrogens is 2. The summed E-state index contributed by atoms with van der Waals surface area (Å²) in [6, 6.07) is 6.56. The first-order chi connectivity index (χ1) is 12.8. The predicted molar refractivity (Wildman–Crippen MR) is 98.1 cm³/mol. The van der Waals surface area contributed by atoms with Gasteiger partial charge in [0.2, 0.25) is 0 Å². The van der Waals surface area contributed by atoms with Gasteiger partial charge in [0.15, 0.2) is 0 Å². The van der Waals surface area contributed by atoms with Crippen LogP contribution >= 0.6 is 0 Å². The van der Waals surface area contributed by atoms with Crippen molar-refractivity contribution >= 4 is 0 Å². The van der Waals surface area contributed by atoms with Crippen molar-refractivity contribution in [3.63, 3.8) is 0 Å². The van der Waals surface area contributed by atoms with E-state index in [9.17, 15) is 4.39 Å². The maximum Gasteiger partial charge on any atom is 0.123 e. The summed E-state index contributed by atoms with van der Waals surface area (Å²) in [5, 5.41) is 6.97. The van der Waals surface area contributed by atoms with E-state index in [1.165, 1.54) is 61.9 Å². The molecule has 4 rings (SSSR count). The van der Waals surface area contributed by atoms with E-state index >= 15 is 0 Å². The first-order valence-electron chi connectivity index (χ1n) is 9.79. The van der Waals surface area contributed by atoms with Crippen LogP contribution in [0, 0.1) is 5.82 Å². The summed E-state index contributed by atoms with van der Waals surface area (Å²) in [6.45, 7) is 2.51. The van der Waals surface area contributed by atoms with Crippen molar-refractivity contribution in [2.24, 2.45) is 0 Å². The molecule has 0 spiro atoms. The van der Waals surface area contributed by atoms with Crippen molar-refractivity contribution in [1.82, 2.24) is 20.4 Å². The minimum Gasteiger partial charge on any atom is -0.280 e. The standard InChI is InChI=1S/C20H27FN4O/c21-16-9-11-17(12-10-16)25-20-8-4-3-7-18(20)19(22-25)15-26-23-24-13-5-1-2-6-14-24/h9-12,23H,1-8,13-15H2. The second-order valence-corrected chi connectivity index (χ2v) is 7.25. The van der Waals surface area contributed by atoms with Gasteiger partial charge in [-0.1, -0.05) is 12.8 Å². The summed E-state index contributed by atoms with van der Waals surface area (Å²) >= 11 is 0. The fourth-order valence-electron chi connectivity index (χ4n) is 3.94. The van der Waals surface area contributed by atoms with Gasteiger partial charge >= 0.3 is 0 Å². The Balaban J connectivity index is 1.48. The Bertz CT molecular complexity index is 720. The second kappa shape index (κ2) is 8.29. The Morgan fingerprint density at radius 1 is 0.962 bits per heavy atom. The summed E-state index contributed by atoms with van der Waals surface area (Å²) in [5.41, 5.74) is 7.56. The number of hydrazine groups is 1. The predicted octanol–water partition coefficient (Wildman–Crippen LogP) is 3.70. The molecule has 2 aromatic rings. The van der Waals surface area contributed by atoms with E-state index in [1.807, 2.05) is 4.68 Å². The normalized spacial score (nSPS) is 18.5. The Hall–Kier alpha value is -1.76. The minimum absolute atomic E-state index is 0.222. The number of hydrogen-bond acceptors (Lipinski definition) is 4. The van der Waals surface area contributed by atoms with Crippen LogP contribution in [-0.2, 0) is 24.3 Å². The van der Waals surface area contributed by atoms with Crippen LogP contribution < -0.4 is 5.59 Å². The van der Waals surface area contributed by atoms with Crippen molar-refractivity contribution in [3.05, 3.63) is 47.0 Å². The molecule has 2 aliphatic rings. The molecule has 140 valence electrons. The summed E-state index contributed by atoms with van der Waals surface area (Å²) in [4.78, 5) is 5.79. The van der Waals surface area contributed by atoms with Gasteiger partial charge in [0.1, 0.15) is 12.4 Å². The van der Waals surface area contributed by atoms with Crippen molar-refractivity contribution in [3.8, 4) is 5.69 Å². The van der Waals surface area contributed by atoms with Gasteiger partial charge in [-0.25, -0.2) is 14.1 Å². The fraction of sp³-hybridized carbons (Fsp3) is 0.550. The SMILES string of the molecule is Fc1ccc(-n2nc(CONN3CCCCCC3)c3c2CCCC3)cc1. The average Bonchev–Trinajstić information content (AvgIpc) is 2.84. The number of fused-ring (bicyclic) bond motifs is 1. The molecular formula is C20H27FN4O. The van der Waals surface area contributed by atoms with Crippen molar-refractivity contribution in [2.45, 2.75) is 58.0 Å². The molecule has 0 bridgehead atoms. The van der Waals surface area contributed by atoms with E-state index in [4.69, 9.17) is 9.94 Å². The molecule has 2 heterocycles. The lowest BCUT2D eigenvalue weighted by molar-refractivity contribution is -0.0927. The maximum absolute atomic E-state index is 13.3. The van der Waals surface area contributed by atoms with Crippen LogP contribution in [-0.4, -0.2) is 27.9 Å². The third-order valence-corrected chi connectivity index (χ3v) is 5.34. The van der Waals surface area contributed by atoms with Crippen LogP contribution in [0.5, 0.6) is 0 Å². The van der Waals surface area contributed by atoms with Crippen LogP contribution in [0.3, 0.4) is 0 Å². The number of nitrogens with one attached hydrogen (secondary N) is 1. The van der Waals surface area contributed by atoms with Crippen molar-refractivity contribution in [2.75, 3.05) is 13.1 Å². The molecule has 1 saturated heterocycles. The maximum atomic E-state index is 13.3. The van der Waals surface area contributed by atoms with Crippen molar-refractivity contribution in [1.29, 1.82) is 0 Å². The highest BCUT2D eigenvalue weighted by atomic mass is 19.1. The molecule has 5 nitrogen and oxygen atoms in total. The van der Waals surface area contributed by atoms with E-state index in [-0.39, 0.29) is 5.82 Å². The van der Waals surface area contributed by atoms with E-state index in [2.05, 4.69) is 10.6 Å². The zero-order valence-corrected chi connectivity index (χ0v) is 15.2. The van der Waals surface area contributed by atoms with Crippen LogP contribution in [0.1, 0.15) is 55.5 Å². The average molecular weight is 358 g/mol. The van der Waals surface area contributed by atoms with Crippen LogP contribution in [0.25, 0.3) is 5.69 Å². The van der Waals surface area contributed by atoms with Gasteiger partial charge in [0.25, 0.3) is 0 Å². The van der Waals surface area contributed by atoms with Crippen LogP contribution in [0.4, 0.5) is 4.39 Å². The number of nitrogens with zero attached hydrogens (tertiary/aromatic N) is 3. The number of benzene rings is 1. The summed E-state index contributed by atoms with van der Waals surface area (Å²) in [7, 11) is 0. The van der Waals surface area contributed by atoms with E-state index in [0.29, 0.717) is 6.61 Å². The Morgan fingerprint density at radius 2 is 1.69 bits per heavy atom. The Kier molecular flexibility index (Phi) is 5.62. The third kappa shape index (κ3) is 3.98. The monoisotopic (exact) mass is 358 g/mol. The van der Waals surface area contributed by atoms with Crippen molar-refractivity contribution < 1.29 is 9.23 Å². The van der Waals surface area contributed by atoms with Crippen LogP contribution in [0.15, 0.2) is 24.3 Å². The molecular weight excluding hydrogens is 331 g/mol. The molecule has 26 heavy (non-hydrogen) atoms. The number of hydrogen-bond donors (Lipinski definition) is 1. The fourth-order valence-corrected chi connectivity index (χ4v) is 3.94. The molecule has 1 fully saturated rings. The molecule has 6 heteroatoms. The van der Waals surface area contributed by atoms with Gasteiger partial charge in [-0.2, -0.15) is 5.10 Å². The quantitative estimate of drug-likeness (QED) is 0.828. The summed E-state index contributed by atoms with van der Waals surface area (Å²) in [6.07, 6.45) is 9.44. The number of halogens is 1. The largest absolute Gasteiger partial charge is 0.280 e. The lowest BCUT2D eigenvalue weighted by atomic mass is 9.96. The van der Waals surface area contributed by atoms with Gasteiger partial charge in [-0.15, -0.1) is 5.59 Å². The van der Waals surface area contributed by atoms with Gasteiger partial charge in [-0.05, 0) is 68.4 Å². The zero-order valence-electron chi connectivity index (χ0n) is 15.2. The third-order valence-electron chi connectivity index (χ3n) is 5.34. The Labute approximate surface area is 154 Å². The highest BCUT2D eigenvalue weighted by Crippen LogP contribution is 2.27. The molecule has 1 aromatic heterocycles. The molecule has 0 amide bonds. The van der Waals surface area contributed by atoms with E-state index in [0.717, 1.165) is 37.3 Å².